The second-order valence-corrected chi connectivity index (χ2v) is 4.05. The zero-order valence-corrected chi connectivity index (χ0v) is 10.7. The molecular weight excluding hydrogens is 206 g/mol. The lowest BCUT2D eigenvalue weighted by Crippen LogP contribution is -2.35. The molecule has 1 atom stereocenters. The van der Waals surface area contributed by atoms with E-state index < -0.39 is 6.10 Å². The monoisotopic (exact) mass is 233 g/mol. The van der Waals surface area contributed by atoms with Crippen LogP contribution in [0.1, 0.15) is 33.1 Å². The van der Waals surface area contributed by atoms with Gasteiger partial charge in [-0.15, -0.1) is 0 Å². The molecule has 0 fully saturated rings. The average molecular weight is 233 g/mol. The van der Waals surface area contributed by atoms with Gasteiger partial charge in [-0.3, -0.25) is 0 Å². The summed E-state index contributed by atoms with van der Waals surface area (Å²) in [5.74, 6) is 0. The fourth-order valence-corrected chi connectivity index (χ4v) is 1.49. The molecule has 4 nitrogen and oxygen atoms in total. The molecule has 0 bridgehead atoms. The molecule has 0 saturated heterocycles. The first-order valence-electron chi connectivity index (χ1n) is 6.33. The summed E-state index contributed by atoms with van der Waals surface area (Å²) in [4.78, 5) is 2.13. The molecule has 0 aromatic heterocycles. The maximum Gasteiger partial charge on any atom is 0.0900 e. The van der Waals surface area contributed by atoms with Gasteiger partial charge in [0.25, 0.3) is 0 Å². The van der Waals surface area contributed by atoms with Crippen LogP contribution in [-0.2, 0) is 4.74 Å². The van der Waals surface area contributed by atoms with Crippen LogP contribution >= 0.6 is 0 Å². The molecule has 1 unspecified atom stereocenters. The van der Waals surface area contributed by atoms with Crippen LogP contribution in [0.5, 0.6) is 0 Å². The number of hydrogen-bond acceptors (Lipinski definition) is 4. The fourth-order valence-electron chi connectivity index (χ4n) is 1.49. The van der Waals surface area contributed by atoms with E-state index in [9.17, 15) is 5.11 Å². The van der Waals surface area contributed by atoms with Crippen molar-refractivity contribution in [2.24, 2.45) is 0 Å². The molecule has 2 N–H and O–H groups in total. The third-order valence-corrected chi connectivity index (χ3v) is 2.50. The van der Waals surface area contributed by atoms with Crippen LogP contribution in [0.15, 0.2) is 0 Å². The molecule has 4 heteroatoms. The van der Waals surface area contributed by atoms with Crippen molar-refractivity contribution >= 4 is 0 Å². The van der Waals surface area contributed by atoms with Gasteiger partial charge in [-0.05, 0) is 19.4 Å². The van der Waals surface area contributed by atoms with Crippen molar-refractivity contribution in [1.82, 2.24) is 4.90 Å². The Hall–Kier alpha value is -0.160. The van der Waals surface area contributed by atoms with Crippen molar-refractivity contribution in [3.8, 4) is 0 Å². The molecule has 0 amide bonds. The lowest BCUT2D eigenvalue weighted by atomic mass is 10.3. The van der Waals surface area contributed by atoms with E-state index in [1.54, 1.807) is 0 Å². The summed E-state index contributed by atoms with van der Waals surface area (Å²) in [6.45, 7) is 7.88. The van der Waals surface area contributed by atoms with E-state index in [0.717, 1.165) is 39.0 Å². The quantitative estimate of drug-likeness (QED) is 0.520. The van der Waals surface area contributed by atoms with Crippen molar-refractivity contribution in [2.45, 2.75) is 39.2 Å². The van der Waals surface area contributed by atoms with Gasteiger partial charge in [0.15, 0.2) is 0 Å². The minimum Gasteiger partial charge on any atom is -0.396 e. The number of likely N-dealkylation sites (N-methyl/N-ethyl adjacent to an activating group) is 1. The standard InChI is InChI=1S/C12H27NO3/c1-3-5-9-16-11-12(15)10-13(4-2)7-6-8-14/h12,14-15H,3-11H2,1-2H3. The number of aliphatic hydroxyl groups excluding tert-OH is 2. The van der Waals surface area contributed by atoms with Gasteiger partial charge in [0.2, 0.25) is 0 Å². The highest BCUT2D eigenvalue weighted by Gasteiger charge is 2.09. The topological polar surface area (TPSA) is 52.9 Å². The number of rotatable bonds is 11. The third-order valence-electron chi connectivity index (χ3n) is 2.50. The van der Waals surface area contributed by atoms with E-state index in [0.29, 0.717) is 13.2 Å². The van der Waals surface area contributed by atoms with Crippen molar-refractivity contribution < 1.29 is 14.9 Å². The van der Waals surface area contributed by atoms with Crippen LogP contribution in [0.4, 0.5) is 0 Å². The van der Waals surface area contributed by atoms with E-state index in [1.807, 2.05) is 0 Å². The molecule has 0 aliphatic rings. The zero-order valence-electron chi connectivity index (χ0n) is 10.7. The normalized spacial score (nSPS) is 13.3. The Kier molecular flexibility index (Phi) is 11.2. The van der Waals surface area contributed by atoms with Crippen LogP contribution in [0.2, 0.25) is 0 Å². The number of ether oxygens (including phenoxy) is 1. The smallest absolute Gasteiger partial charge is 0.0900 e. The Morgan fingerprint density at radius 3 is 2.56 bits per heavy atom. The Morgan fingerprint density at radius 1 is 1.25 bits per heavy atom. The van der Waals surface area contributed by atoms with Gasteiger partial charge in [-0.2, -0.15) is 0 Å². The lowest BCUT2D eigenvalue weighted by molar-refractivity contribution is 0.0158. The predicted molar refractivity (Wildman–Crippen MR) is 65.6 cm³/mol. The molecule has 0 aromatic rings. The number of hydrogen-bond donors (Lipinski definition) is 2. The lowest BCUT2D eigenvalue weighted by Gasteiger charge is -2.23. The van der Waals surface area contributed by atoms with Crippen LogP contribution in [0, 0.1) is 0 Å². The Bertz CT molecular complexity index is 144. The first-order valence-corrected chi connectivity index (χ1v) is 6.33. The first-order chi connectivity index (χ1) is 7.74. The van der Waals surface area contributed by atoms with Crippen molar-refractivity contribution in [1.29, 1.82) is 0 Å². The molecule has 0 heterocycles. The first kappa shape index (κ1) is 15.8. The summed E-state index contributed by atoms with van der Waals surface area (Å²) in [5, 5.41) is 18.5. The second kappa shape index (κ2) is 11.3. The minimum absolute atomic E-state index is 0.208. The Morgan fingerprint density at radius 2 is 2.00 bits per heavy atom. The van der Waals surface area contributed by atoms with Crippen LogP contribution in [0.3, 0.4) is 0 Å². The van der Waals surface area contributed by atoms with Gasteiger partial charge in [0, 0.05) is 26.3 Å². The van der Waals surface area contributed by atoms with Crippen LogP contribution < -0.4 is 0 Å². The third kappa shape index (κ3) is 9.09. The second-order valence-electron chi connectivity index (χ2n) is 4.05. The number of unbranched alkanes of at least 4 members (excludes halogenated alkanes) is 1. The van der Waals surface area contributed by atoms with E-state index in [2.05, 4.69) is 18.7 Å². The van der Waals surface area contributed by atoms with E-state index >= 15 is 0 Å². The molecule has 0 aliphatic heterocycles. The van der Waals surface area contributed by atoms with E-state index in [-0.39, 0.29) is 6.61 Å². The summed E-state index contributed by atoms with van der Waals surface area (Å²) in [6, 6.07) is 0. The maximum atomic E-state index is 9.72. The number of nitrogens with zero attached hydrogens (tertiary/aromatic N) is 1. The van der Waals surface area contributed by atoms with E-state index in [1.165, 1.54) is 0 Å². The van der Waals surface area contributed by atoms with Gasteiger partial charge in [0.1, 0.15) is 0 Å². The maximum absolute atomic E-state index is 9.72. The highest BCUT2D eigenvalue weighted by Crippen LogP contribution is 1.97. The Labute approximate surface area is 99.2 Å². The summed E-state index contributed by atoms with van der Waals surface area (Å²) in [5.41, 5.74) is 0. The Balaban J connectivity index is 3.53. The average Bonchev–Trinajstić information content (AvgIpc) is 2.30. The predicted octanol–water partition coefficient (Wildman–Crippen LogP) is 0.868. The molecule has 0 aromatic carbocycles. The highest BCUT2D eigenvalue weighted by molar-refractivity contribution is 4.63. The van der Waals surface area contributed by atoms with Crippen molar-refractivity contribution in [3.05, 3.63) is 0 Å². The molecule has 16 heavy (non-hydrogen) atoms. The molecule has 0 spiro atoms. The highest BCUT2D eigenvalue weighted by atomic mass is 16.5. The molecule has 0 rings (SSSR count). The van der Waals surface area contributed by atoms with Gasteiger partial charge in [-0.25, -0.2) is 0 Å². The summed E-state index contributed by atoms with van der Waals surface area (Å²) < 4.78 is 5.36. The minimum atomic E-state index is -0.421. The van der Waals surface area contributed by atoms with Gasteiger partial charge in [-0.1, -0.05) is 20.3 Å². The molecule has 0 aliphatic carbocycles. The molecule has 0 saturated carbocycles. The fraction of sp³-hybridized carbons (Fsp3) is 1.00. The van der Waals surface area contributed by atoms with Crippen LogP contribution in [-0.4, -0.2) is 60.7 Å². The largest absolute Gasteiger partial charge is 0.396 e. The summed E-state index contributed by atoms with van der Waals surface area (Å²) >= 11 is 0. The van der Waals surface area contributed by atoms with Gasteiger partial charge < -0.3 is 19.8 Å². The SMILES string of the molecule is CCCCOCC(O)CN(CC)CCCO. The zero-order chi connectivity index (χ0) is 12.2. The van der Waals surface area contributed by atoms with E-state index in [4.69, 9.17) is 9.84 Å². The molecule has 98 valence electrons. The van der Waals surface area contributed by atoms with Crippen molar-refractivity contribution in [3.63, 3.8) is 0 Å². The van der Waals surface area contributed by atoms with Gasteiger partial charge in [0.05, 0.1) is 12.7 Å². The number of aliphatic hydroxyl groups is 2. The summed E-state index contributed by atoms with van der Waals surface area (Å²) in [6.07, 6.45) is 2.51. The summed E-state index contributed by atoms with van der Waals surface area (Å²) in [7, 11) is 0. The van der Waals surface area contributed by atoms with Crippen molar-refractivity contribution in [2.75, 3.05) is 39.5 Å². The molecule has 0 radical (unpaired) electrons. The van der Waals surface area contributed by atoms with Gasteiger partial charge >= 0.3 is 0 Å². The molecular formula is C12H27NO3. The van der Waals surface area contributed by atoms with Crippen LogP contribution in [0.25, 0.3) is 0 Å².